The number of hydrogen-bond acceptors (Lipinski definition) is 6. The Bertz CT molecular complexity index is 1310. The maximum Gasteiger partial charge on any atom is 0.339 e. The Morgan fingerprint density at radius 3 is 2.90 bits per heavy atom. The van der Waals surface area contributed by atoms with Gasteiger partial charge >= 0.3 is 5.97 Å². The topological polar surface area (TPSA) is 99.2 Å². The molecule has 0 unspecified atom stereocenters. The summed E-state index contributed by atoms with van der Waals surface area (Å²) in [6.45, 7) is 3.09. The SMILES string of the molecule is Cc1nc(N2CCc3[nH]c4ccc(-c5ccc(C=O)s5)cc4c3C2)ncc1C(=O)O. The molecule has 0 fully saturated rings. The van der Waals surface area contributed by atoms with E-state index in [0.717, 1.165) is 40.6 Å². The average Bonchev–Trinajstić information content (AvgIpc) is 3.37. The second-order valence-electron chi connectivity index (χ2n) is 7.31. The lowest BCUT2D eigenvalue weighted by Gasteiger charge is -2.27. The van der Waals surface area contributed by atoms with Crippen LogP contribution in [0.2, 0.25) is 0 Å². The molecule has 0 spiro atoms. The predicted octanol–water partition coefficient (Wildman–Crippen LogP) is 4.07. The molecule has 8 heteroatoms. The van der Waals surface area contributed by atoms with E-state index < -0.39 is 5.97 Å². The highest BCUT2D eigenvalue weighted by molar-refractivity contribution is 7.17. The van der Waals surface area contributed by atoms with Gasteiger partial charge in [0.25, 0.3) is 0 Å². The second kappa shape index (κ2) is 7.07. The van der Waals surface area contributed by atoms with E-state index in [1.807, 2.05) is 12.1 Å². The number of carbonyl (C=O) groups excluding carboxylic acids is 1. The van der Waals surface area contributed by atoms with Crippen molar-refractivity contribution in [2.45, 2.75) is 19.9 Å². The summed E-state index contributed by atoms with van der Waals surface area (Å²) in [5, 5.41) is 10.4. The van der Waals surface area contributed by atoms with Crippen LogP contribution in [0.25, 0.3) is 21.3 Å². The summed E-state index contributed by atoms with van der Waals surface area (Å²) < 4.78 is 0. The first-order valence-electron chi connectivity index (χ1n) is 9.54. The van der Waals surface area contributed by atoms with Gasteiger partial charge in [0, 0.05) is 52.7 Å². The molecule has 4 heterocycles. The fourth-order valence-electron chi connectivity index (χ4n) is 3.93. The van der Waals surface area contributed by atoms with Crippen molar-refractivity contribution in [3.63, 3.8) is 0 Å². The molecule has 150 valence electrons. The van der Waals surface area contributed by atoms with E-state index in [9.17, 15) is 14.7 Å². The largest absolute Gasteiger partial charge is 0.478 e. The Labute approximate surface area is 176 Å². The van der Waals surface area contributed by atoms with Crippen molar-refractivity contribution in [3.8, 4) is 10.4 Å². The maximum absolute atomic E-state index is 11.2. The van der Waals surface area contributed by atoms with Gasteiger partial charge in [-0.2, -0.15) is 0 Å². The van der Waals surface area contributed by atoms with Crippen LogP contribution in [-0.4, -0.2) is 38.9 Å². The van der Waals surface area contributed by atoms with Gasteiger partial charge in [0.15, 0.2) is 6.29 Å². The first-order chi connectivity index (χ1) is 14.5. The number of fused-ring (bicyclic) bond motifs is 3. The number of nitrogens with one attached hydrogen (secondary N) is 1. The zero-order chi connectivity index (χ0) is 20.8. The Morgan fingerprint density at radius 2 is 2.17 bits per heavy atom. The highest BCUT2D eigenvalue weighted by Crippen LogP contribution is 2.34. The van der Waals surface area contributed by atoms with Gasteiger partial charge in [-0.3, -0.25) is 4.79 Å². The molecule has 0 atom stereocenters. The quantitative estimate of drug-likeness (QED) is 0.485. The van der Waals surface area contributed by atoms with Gasteiger partial charge in [0.05, 0.1) is 16.1 Å². The van der Waals surface area contributed by atoms with Crippen LogP contribution in [0.15, 0.2) is 36.5 Å². The van der Waals surface area contributed by atoms with E-state index in [-0.39, 0.29) is 5.56 Å². The van der Waals surface area contributed by atoms with Gasteiger partial charge in [-0.25, -0.2) is 14.8 Å². The molecule has 1 aliphatic heterocycles. The van der Waals surface area contributed by atoms with E-state index in [1.54, 1.807) is 6.92 Å². The highest BCUT2D eigenvalue weighted by atomic mass is 32.1. The lowest BCUT2D eigenvalue weighted by Crippen LogP contribution is -2.31. The molecule has 1 aliphatic rings. The van der Waals surface area contributed by atoms with Crippen LogP contribution in [0.4, 0.5) is 5.95 Å². The number of aromatic nitrogens is 3. The van der Waals surface area contributed by atoms with Crippen molar-refractivity contribution in [2.24, 2.45) is 0 Å². The third-order valence-electron chi connectivity index (χ3n) is 5.48. The Kier molecular flexibility index (Phi) is 4.36. The minimum atomic E-state index is -1.02. The van der Waals surface area contributed by atoms with Crippen molar-refractivity contribution < 1.29 is 14.7 Å². The maximum atomic E-state index is 11.2. The predicted molar refractivity (Wildman–Crippen MR) is 115 cm³/mol. The van der Waals surface area contributed by atoms with Crippen molar-refractivity contribution in [2.75, 3.05) is 11.4 Å². The summed E-state index contributed by atoms with van der Waals surface area (Å²) in [6, 6.07) is 10.1. The van der Waals surface area contributed by atoms with E-state index >= 15 is 0 Å². The molecule has 0 radical (unpaired) electrons. The Balaban J connectivity index is 1.51. The summed E-state index contributed by atoms with van der Waals surface area (Å²) in [7, 11) is 0. The number of anilines is 1. The molecular weight excluding hydrogens is 400 g/mol. The minimum absolute atomic E-state index is 0.124. The molecule has 0 bridgehead atoms. The third-order valence-corrected chi connectivity index (χ3v) is 6.54. The van der Waals surface area contributed by atoms with Gasteiger partial charge in [-0.05, 0) is 36.8 Å². The smallest absolute Gasteiger partial charge is 0.339 e. The van der Waals surface area contributed by atoms with Gasteiger partial charge < -0.3 is 15.0 Å². The number of aromatic carboxylic acids is 1. The summed E-state index contributed by atoms with van der Waals surface area (Å²) in [4.78, 5) is 38.4. The van der Waals surface area contributed by atoms with Crippen LogP contribution in [0.3, 0.4) is 0 Å². The van der Waals surface area contributed by atoms with Crippen molar-refractivity contribution in [1.29, 1.82) is 0 Å². The van der Waals surface area contributed by atoms with Crippen LogP contribution < -0.4 is 4.90 Å². The number of benzene rings is 1. The molecule has 3 aromatic heterocycles. The van der Waals surface area contributed by atoms with Crippen LogP contribution in [0, 0.1) is 6.92 Å². The number of thiophene rings is 1. The molecule has 0 aliphatic carbocycles. The van der Waals surface area contributed by atoms with Crippen LogP contribution in [-0.2, 0) is 13.0 Å². The number of nitrogens with zero attached hydrogens (tertiary/aromatic N) is 3. The lowest BCUT2D eigenvalue weighted by atomic mass is 10.0. The standard InChI is InChI=1S/C22H18N4O3S/c1-12-16(21(28)29)9-23-22(24-12)26-7-6-19-17(10-26)15-8-13(2-4-18(15)25-19)20-5-3-14(11-27)30-20/h2-5,8-9,11,25H,6-7,10H2,1H3,(H,28,29). The molecule has 30 heavy (non-hydrogen) atoms. The molecule has 0 saturated heterocycles. The summed E-state index contributed by atoms with van der Waals surface area (Å²) >= 11 is 1.48. The molecule has 2 N–H and O–H groups in total. The molecule has 0 saturated carbocycles. The molecule has 1 aromatic carbocycles. The molecule has 0 amide bonds. The number of carboxylic acids is 1. The number of rotatable bonds is 4. The Hall–Kier alpha value is -3.52. The Morgan fingerprint density at radius 1 is 1.30 bits per heavy atom. The normalized spacial score (nSPS) is 13.4. The zero-order valence-electron chi connectivity index (χ0n) is 16.2. The van der Waals surface area contributed by atoms with Crippen LogP contribution >= 0.6 is 11.3 Å². The van der Waals surface area contributed by atoms with Gasteiger partial charge in [-0.1, -0.05) is 6.07 Å². The van der Waals surface area contributed by atoms with Gasteiger partial charge in [0.1, 0.15) is 0 Å². The number of aromatic amines is 1. The van der Waals surface area contributed by atoms with Crippen LogP contribution in [0.1, 0.15) is 37.0 Å². The summed E-state index contributed by atoms with van der Waals surface area (Å²) in [5.74, 6) is -0.474. The van der Waals surface area contributed by atoms with Crippen LogP contribution in [0.5, 0.6) is 0 Å². The third kappa shape index (κ3) is 3.05. The number of carbonyl (C=O) groups is 2. The van der Waals surface area contributed by atoms with E-state index in [4.69, 9.17) is 0 Å². The second-order valence-corrected chi connectivity index (χ2v) is 8.42. The number of aryl methyl sites for hydroxylation is 1. The minimum Gasteiger partial charge on any atom is -0.478 e. The highest BCUT2D eigenvalue weighted by Gasteiger charge is 2.23. The summed E-state index contributed by atoms with van der Waals surface area (Å²) in [6.07, 6.45) is 3.08. The number of H-pyrrole nitrogens is 1. The van der Waals surface area contributed by atoms with Crippen molar-refractivity contribution in [1.82, 2.24) is 15.0 Å². The lowest BCUT2D eigenvalue weighted by molar-refractivity contribution is 0.0695. The molecule has 4 aromatic rings. The molecule has 5 rings (SSSR count). The monoisotopic (exact) mass is 418 g/mol. The van der Waals surface area contributed by atoms with Gasteiger partial charge in [-0.15, -0.1) is 11.3 Å². The zero-order valence-corrected chi connectivity index (χ0v) is 17.0. The van der Waals surface area contributed by atoms with Crippen molar-refractivity contribution in [3.05, 3.63) is 63.9 Å². The fourth-order valence-corrected chi connectivity index (χ4v) is 4.75. The van der Waals surface area contributed by atoms with E-state index in [0.29, 0.717) is 23.1 Å². The van der Waals surface area contributed by atoms with E-state index in [2.05, 4.69) is 38.1 Å². The first-order valence-corrected chi connectivity index (χ1v) is 10.4. The molecular formula is C22H18N4O3S. The number of hydrogen-bond donors (Lipinski definition) is 2. The van der Waals surface area contributed by atoms with E-state index in [1.165, 1.54) is 28.8 Å². The van der Waals surface area contributed by atoms with Crippen molar-refractivity contribution >= 4 is 40.4 Å². The fraction of sp³-hybridized carbons (Fsp3) is 0.182. The summed E-state index contributed by atoms with van der Waals surface area (Å²) in [5.41, 5.74) is 5.15. The number of carboxylic acid groups (broad SMARTS) is 1. The van der Waals surface area contributed by atoms with Gasteiger partial charge in [0.2, 0.25) is 5.95 Å². The first kappa shape index (κ1) is 18.5. The average molecular weight is 418 g/mol. The molecule has 7 nitrogen and oxygen atoms in total. The number of aldehydes is 1.